The average molecular weight is 297 g/mol. The van der Waals surface area contributed by atoms with Crippen molar-refractivity contribution in [3.8, 4) is 5.75 Å². The highest BCUT2D eigenvalue weighted by molar-refractivity contribution is 5.92. The summed E-state index contributed by atoms with van der Waals surface area (Å²) < 4.78 is 5.46. The Morgan fingerprint density at radius 2 is 2.20 bits per heavy atom. The number of anilines is 1. The molecular formula is C15H21ClN2O2. The van der Waals surface area contributed by atoms with E-state index in [2.05, 4.69) is 5.32 Å². The smallest absolute Gasteiger partial charge is 0.227 e. The summed E-state index contributed by atoms with van der Waals surface area (Å²) in [5, 5.41) is 3.01. The molecule has 1 aliphatic heterocycles. The average Bonchev–Trinajstić information content (AvgIpc) is 2.86. The predicted molar refractivity (Wildman–Crippen MR) is 81.5 cm³/mol. The van der Waals surface area contributed by atoms with Crippen LogP contribution in [-0.4, -0.2) is 18.6 Å². The van der Waals surface area contributed by atoms with Gasteiger partial charge >= 0.3 is 0 Å². The van der Waals surface area contributed by atoms with Gasteiger partial charge in [-0.2, -0.15) is 0 Å². The molecule has 1 aromatic rings. The maximum atomic E-state index is 12.2. The van der Waals surface area contributed by atoms with Gasteiger partial charge < -0.3 is 15.8 Å². The van der Waals surface area contributed by atoms with Crippen LogP contribution < -0.4 is 15.8 Å². The second-order valence-electron chi connectivity index (χ2n) is 5.53. The van der Waals surface area contributed by atoms with Crippen molar-refractivity contribution < 1.29 is 9.53 Å². The molecule has 1 fully saturated rings. The van der Waals surface area contributed by atoms with E-state index in [9.17, 15) is 4.79 Å². The molecule has 2 unspecified atom stereocenters. The van der Waals surface area contributed by atoms with Gasteiger partial charge in [0.2, 0.25) is 5.91 Å². The zero-order valence-electron chi connectivity index (χ0n) is 11.4. The maximum Gasteiger partial charge on any atom is 0.227 e. The monoisotopic (exact) mass is 296 g/mol. The van der Waals surface area contributed by atoms with Crippen LogP contribution in [0, 0.1) is 5.92 Å². The number of rotatable bonds is 2. The van der Waals surface area contributed by atoms with Crippen LogP contribution in [0.4, 0.5) is 5.69 Å². The Labute approximate surface area is 125 Å². The lowest BCUT2D eigenvalue weighted by molar-refractivity contribution is -0.120. The van der Waals surface area contributed by atoms with E-state index in [0.29, 0.717) is 0 Å². The second-order valence-corrected chi connectivity index (χ2v) is 5.53. The number of amides is 1. The summed E-state index contributed by atoms with van der Waals surface area (Å²) >= 11 is 0. The van der Waals surface area contributed by atoms with Gasteiger partial charge in [0.25, 0.3) is 0 Å². The minimum atomic E-state index is 0. The standard InChI is InChI=1S/C15H20N2O2.ClH/c16-12-3-1-2-11(8-12)15(18)17-13-4-5-14-10(9-13)6-7-19-14;/h4-5,9,11-12H,1-3,6-8,16H2,(H,17,18);1H. The second kappa shape index (κ2) is 6.46. The van der Waals surface area contributed by atoms with E-state index in [-0.39, 0.29) is 30.3 Å². The van der Waals surface area contributed by atoms with Gasteiger partial charge in [-0.1, -0.05) is 6.42 Å². The van der Waals surface area contributed by atoms with Crippen molar-refractivity contribution in [2.75, 3.05) is 11.9 Å². The van der Waals surface area contributed by atoms with Gasteiger partial charge in [0.15, 0.2) is 0 Å². The summed E-state index contributed by atoms with van der Waals surface area (Å²) in [5.41, 5.74) is 7.98. The number of nitrogens with one attached hydrogen (secondary N) is 1. The lowest BCUT2D eigenvalue weighted by atomic mass is 9.85. The number of hydrogen-bond acceptors (Lipinski definition) is 3. The number of ether oxygens (including phenoxy) is 1. The van der Waals surface area contributed by atoms with Crippen molar-refractivity contribution in [2.24, 2.45) is 11.7 Å². The number of halogens is 1. The molecule has 110 valence electrons. The van der Waals surface area contributed by atoms with Gasteiger partial charge in [-0.25, -0.2) is 0 Å². The highest BCUT2D eigenvalue weighted by atomic mass is 35.5. The highest BCUT2D eigenvalue weighted by Gasteiger charge is 2.25. The van der Waals surface area contributed by atoms with Gasteiger partial charge in [-0.3, -0.25) is 4.79 Å². The molecule has 0 saturated heterocycles. The number of benzene rings is 1. The Bertz CT molecular complexity index is 493. The first-order valence-corrected chi connectivity index (χ1v) is 7.04. The summed E-state index contributed by atoms with van der Waals surface area (Å²) in [6, 6.07) is 6.04. The molecule has 0 aromatic heterocycles. The molecule has 1 aromatic carbocycles. The fourth-order valence-electron chi connectivity index (χ4n) is 2.97. The quantitative estimate of drug-likeness (QED) is 0.881. The Hall–Kier alpha value is -1.26. The van der Waals surface area contributed by atoms with Crippen molar-refractivity contribution in [3.05, 3.63) is 23.8 Å². The van der Waals surface area contributed by atoms with E-state index in [1.54, 1.807) is 0 Å². The molecule has 1 saturated carbocycles. The van der Waals surface area contributed by atoms with E-state index in [1.165, 1.54) is 5.56 Å². The van der Waals surface area contributed by atoms with E-state index >= 15 is 0 Å². The van der Waals surface area contributed by atoms with Gasteiger partial charge in [0, 0.05) is 24.1 Å². The van der Waals surface area contributed by atoms with Gasteiger partial charge in [-0.05, 0) is 43.0 Å². The summed E-state index contributed by atoms with van der Waals surface area (Å²) in [5.74, 6) is 1.11. The third kappa shape index (κ3) is 3.25. The Morgan fingerprint density at radius 1 is 1.35 bits per heavy atom. The number of carbonyl (C=O) groups excluding carboxylic acids is 1. The van der Waals surface area contributed by atoms with Gasteiger partial charge in [0.1, 0.15) is 5.75 Å². The van der Waals surface area contributed by atoms with Crippen molar-refractivity contribution in [1.29, 1.82) is 0 Å². The van der Waals surface area contributed by atoms with Crippen LogP contribution in [0.2, 0.25) is 0 Å². The molecule has 2 atom stereocenters. The molecular weight excluding hydrogens is 276 g/mol. The van der Waals surface area contributed by atoms with Crippen molar-refractivity contribution >= 4 is 24.0 Å². The fourth-order valence-corrected chi connectivity index (χ4v) is 2.97. The van der Waals surface area contributed by atoms with Crippen LogP contribution in [-0.2, 0) is 11.2 Å². The molecule has 0 radical (unpaired) electrons. The first-order chi connectivity index (χ1) is 9.22. The molecule has 1 amide bonds. The Kier molecular flexibility index (Phi) is 4.89. The summed E-state index contributed by atoms with van der Waals surface area (Å²) in [4.78, 5) is 12.2. The number of nitrogens with two attached hydrogens (primary N) is 1. The summed E-state index contributed by atoms with van der Waals surface area (Å²) in [6.07, 6.45) is 4.78. The molecule has 0 spiro atoms. The highest BCUT2D eigenvalue weighted by Crippen LogP contribution is 2.29. The van der Waals surface area contributed by atoms with E-state index < -0.39 is 0 Å². The van der Waals surface area contributed by atoms with Crippen LogP contribution >= 0.6 is 12.4 Å². The number of carbonyl (C=O) groups is 1. The first-order valence-electron chi connectivity index (χ1n) is 7.04. The zero-order valence-corrected chi connectivity index (χ0v) is 12.2. The topological polar surface area (TPSA) is 64.4 Å². The molecule has 0 bridgehead atoms. The third-order valence-electron chi connectivity index (χ3n) is 4.04. The number of fused-ring (bicyclic) bond motifs is 1. The molecule has 3 rings (SSSR count). The Balaban J connectivity index is 0.00000147. The molecule has 2 aliphatic rings. The summed E-state index contributed by atoms with van der Waals surface area (Å²) in [7, 11) is 0. The van der Waals surface area contributed by atoms with Crippen LogP contribution in [0.5, 0.6) is 5.75 Å². The molecule has 5 heteroatoms. The van der Waals surface area contributed by atoms with Crippen LogP contribution in [0.3, 0.4) is 0 Å². The Morgan fingerprint density at radius 3 is 3.00 bits per heavy atom. The largest absolute Gasteiger partial charge is 0.493 e. The zero-order chi connectivity index (χ0) is 13.2. The van der Waals surface area contributed by atoms with Crippen molar-refractivity contribution in [3.63, 3.8) is 0 Å². The molecule has 20 heavy (non-hydrogen) atoms. The molecule has 4 nitrogen and oxygen atoms in total. The third-order valence-corrected chi connectivity index (χ3v) is 4.04. The molecule has 1 aliphatic carbocycles. The van der Waals surface area contributed by atoms with E-state index in [0.717, 1.165) is 50.1 Å². The first kappa shape index (κ1) is 15.1. The van der Waals surface area contributed by atoms with Gasteiger partial charge in [-0.15, -0.1) is 12.4 Å². The van der Waals surface area contributed by atoms with E-state index in [4.69, 9.17) is 10.5 Å². The van der Waals surface area contributed by atoms with Crippen LogP contribution in [0.15, 0.2) is 18.2 Å². The lowest BCUT2D eigenvalue weighted by Crippen LogP contribution is -2.34. The van der Waals surface area contributed by atoms with Gasteiger partial charge in [0.05, 0.1) is 6.61 Å². The minimum Gasteiger partial charge on any atom is -0.493 e. The summed E-state index contributed by atoms with van der Waals surface area (Å²) in [6.45, 7) is 0.740. The van der Waals surface area contributed by atoms with E-state index in [1.807, 2.05) is 18.2 Å². The number of hydrogen-bond donors (Lipinski definition) is 2. The lowest BCUT2D eigenvalue weighted by Gasteiger charge is -2.25. The maximum absolute atomic E-state index is 12.2. The minimum absolute atomic E-state index is 0. The fraction of sp³-hybridized carbons (Fsp3) is 0.533. The molecule has 1 heterocycles. The van der Waals surface area contributed by atoms with Crippen LogP contribution in [0.25, 0.3) is 0 Å². The molecule has 3 N–H and O–H groups in total. The van der Waals surface area contributed by atoms with Crippen molar-refractivity contribution in [2.45, 2.75) is 38.1 Å². The van der Waals surface area contributed by atoms with Crippen LogP contribution in [0.1, 0.15) is 31.2 Å². The SMILES string of the molecule is Cl.NC1CCCC(C(=O)Nc2ccc3c(c2)CCO3)C1. The predicted octanol–water partition coefficient (Wildman–Crippen LogP) is 2.50. The van der Waals surface area contributed by atoms with Crippen molar-refractivity contribution in [1.82, 2.24) is 0 Å². The normalized spacial score (nSPS) is 24.2.